The SMILES string of the molecule is CNc1cc(-c2cn([C@H]3CCN(CCF)C3)c3ncccc23)nc2c(C(=O)NC3CC3)cnn12. The fourth-order valence-electron chi connectivity index (χ4n) is 4.86. The van der Waals surface area contributed by atoms with E-state index in [1.807, 2.05) is 25.2 Å². The molecule has 34 heavy (non-hydrogen) atoms. The van der Waals surface area contributed by atoms with Crippen LogP contribution in [0.25, 0.3) is 27.9 Å². The highest BCUT2D eigenvalue weighted by Crippen LogP contribution is 2.34. The first-order valence-corrected chi connectivity index (χ1v) is 11.8. The largest absolute Gasteiger partial charge is 0.373 e. The van der Waals surface area contributed by atoms with Crippen molar-refractivity contribution in [3.63, 3.8) is 0 Å². The second-order valence-corrected chi connectivity index (χ2v) is 9.07. The number of pyridine rings is 1. The lowest BCUT2D eigenvalue weighted by molar-refractivity contribution is 0.0952. The number of hydrogen-bond acceptors (Lipinski definition) is 6. The average Bonchev–Trinajstić information content (AvgIpc) is 3.24. The first kappa shape index (κ1) is 21.0. The molecule has 2 aliphatic rings. The highest BCUT2D eigenvalue weighted by Gasteiger charge is 2.28. The maximum Gasteiger partial charge on any atom is 0.256 e. The van der Waals surface area contributed by atoms with Gasteiger partial charge in [-0.25, -0.2) is 14.4 Å². The quantitative estimate of drug-likeness (QED) is 0.439. The van der Waals surface area contributed by atoms with Crippen molar-refractivity contribution < 1.29 is 9.18 Å². The fourth-order valence-corrected chi connectivity index (χ4v) is 4.86. The molecule has 4 aromatic heterocycles. The van der Waals surface area contributed by atoms with Gasteiger partial charge in [0.2, 0.25) is 0 Å². The molecule has 1 atom stereocenters. The first-order valence-electron chi connectivity index (χ1n) is 11.8. The molecule has 176 valence electrons. The zero-order valence-corrected chi connectivity index (χ0v) is 19.0. The van der Waals surface area contributed by atoms with Crippen molar-refractivity contribution in [1.29, 1.82) is 0 Å². The summed E-state index contributed by atoms with van der Waals surface area (Å²) in [7, 11) is 1.83. The molecule has 1 aliphatic carbocycles. The second kappa shape index (κ2) is 8.35. The molecule has 1 saturated carbocycles. The molecule has 10 heteroatoms. The minimum Gasteiger partial charge on any atom is -0.373 e. The van der Waals surface area contributed by atoms with Crippen molar-refractivity contribution >= 4 is 28.4 Å². The standard InChI is InChI=1S/C24H27FN8O/c1-26-21-11-20(30-23-18(12-28-33(21)23)24(34)29-15-4-5-15)19-14-32(22-17(19)3-2-8-27-22)16-6-9-31(13-16)10-7-25/h2-3,8,11-12,14-16,26H,4-7,9-10,13H2,1H3,(H,29,34)/t16-/m0/s1. The van der Waals surface area contributed by atoms with Gasteiger partial charge in [0, 0.05) is 68.2 Å². The summed E-state index contributed by atoms with van der Waals surface area (Å²) in [5, 5.41) is 11.6. The minimum absolute atomic E-state index is 0.146. The molecule has 1 aliphatic heterocycles. The Kier molecular flexibility index (Phi) is 5.17. The lowest BCUT2D eigenvalue weighted by Crippen LogP contribution is -2.25. The van der Waals surface area contributed by atoms with E-state index in [4.69, 9.17) is 4.98 Å². The number of nitrogens with one attached hydrogen (secondary N) is 2. The van der Waals surface area contributed by atoms with Crippen molar-refractivity contribution in [3.05, 3.63) is 42.4 Å². The summed E-state index contributed by atoms with van der Waals surface area (Å²) in [4.78, 5) is 24.5. The van der Waals surface area contributed by atoms with Gasteiger partial charge in [-0.3, -0.25) is 9.69 Å². The van der Waals surface area contributed by atoms with Gasteiger partial charge in [-0.2, -0.15) is 9.61 Å². The van der Waals surface area contributed by atoms with Crippen molar-refractivity contribution in [2.45, 2.75) is 31.3 Å². The summed E-state index contributed by atoms with van der Waals surface area (Å²) in [6.07, 6.45) is 8.45. The molecule has 0 unspecified atom stereocenters. The Morgan fingerprint density at radius 2 is 2.15 bits per heavy atom. The molecular formula is C24H27FN8O. The van der Waals surface area contributed by atoms with Crippen molar-refractivity contribution in [2.75, 3.05) is 38.7 Å². The van der Waals surface area contributed by atoms with E-state index in [0.29, 0.717) is 17.8 Å². The number of fused-ring (bicyclic) bond motifs is 2. The van der Waals surface area contributed by atoms with Crippen molar-refractivity contribution in [1.82, 2.24) is 34.4 Å². The van der Waals surface area contributed by atoms with Gasteiger partial charge in [0.1, 0.15) is 23.7 Å². The van der Waals surface area contributed by atoms with Crippen LogP contribution in [0.1, 0.15) is 35.7 Å². The Morgan fingerprint density at radius 3 is 2.94 bits per heavy atom. The maximum absolute atomic E-state index is 12.9. The van der Waals surface area contributed by atoms with Crippen LogP contribution < -0.4 is 10.6 Å². The van der Waals surface area contributed by atoms with E-state index in [1.54, 1.807) is 16.9 Å². The smallest absolute Gasteiger partial charge is 0.256 e. The molecule has 0 radical (unpaired) electrons. The van der Waals surface area contributed by atoms with E-state index in [9.17, 15) is 9.18 Å². The molecule has 5 heterocycles. The number of likely N-dealkylation sites (tertiary alicyclic amines) is 1. The molecule has 0 bridgehead atoms. The van der Waals surface area contributed by atoms with Crippen LogP contribution in [0.4, 0.5) is 10.2 Å². The van der Waals surface area contributed by atoms with Crippen LogP contribution in [0.15, 0.2) is 36.8 Å². The number of rotatable bonds is 7. The summed E-state index contributed by atoms with van der Waals surface area (Å²) in [5.41, 5.74) is 3.55. The zero-order valence-electron chi connectivity index (χ0n) is 19.0. The second-order valence-electron chi connectivity index (χ2n) is 9.07. The molecule has 4 aromatic rings. The highest BCUT2D eigenvalue weighted by atomic mass is 19.1. The number of halogens is 1. The summed E-state index contributed by atoms with van der Waals surface area (Å²) < 4.78 is 16.7. The Labute approximate surface area is 196 Å². The van der Waals surface area contributed by atoms with Crippen LogP contribution in [-0.4, -0.2) is 74.4 Å². The molecule has 9 nitrogen and oxygen atoms in total. The number of carbonyl (C=O) groups excluding carboxylic acids is 1. The number of aromatic nitrogens is 5. The van der Waals surface area contributed by atoms with Gasteiger partial charge in [-0.15, -0.1) is 0 Å². The zero-order chi connectivity index (χ0) is 23.2. The molecule has 2 fully saturated rings. The number of alkyl halides is 1. The van der Waals surface area contributed by atoms with E-state index >= 15 is 0 Å². The van der Waals surface area contributed by atoms with Crippen LogP contribution in [-0.2, 0) is 0 Å². The van der Waals surface area contributed by atoms with Gasteiger partial charge in [-0.05, 0) is 31.4 Å². The number of hydrogen-bond donors (Lipinski definition) is 2. The predicted molar refractivity (Wildman–Crippen MR) is 128 cm³/mol. The monoisotopic (exact) mass is 462 g/mol. The number of amides is 1. The van der Waals surface area contributed by atoms with Crippen LogP contribution in [0, 0.1) is 0 Å². The highest BCUT2D eigenvalue weighted by molar-refractivity contribution is 6.01. The van der Waals surface area contributed by atoms with Crippen LogP contribution in [0.3, 0.4) is 0 Å². The summed E-state index contributed by atoms with van der Waals surface area (Å²) >= 11 is 0. The van der Waals surface area contributed by atoms with Gasteiger partial charge < -0.3 is 15.2 Å². The van der Waals surface area contributed by atoms with Crippen molar-refractivity contribution in [3.8, 4) is 11.3 Å². The van der Waals surface area contributed by atoms with E-state index in [-0.39, 0.29) is 24.7 Å². The molecule has 1 amide bonds. The van der Waals surface area contributed by atoms with Crippen LogP contribution >= 0.6 is 0 Å². The molecule has 0 aromatic carbocycles. The fraction of sp³-hybridized carbons (Fsp3) is 0.417. The summed E-state index contributed by atoms with van der Waals surface area (Å²) in [5.74, 6) is 0.595. The predicted octanol–water partition coefficient (Wildman–Crippen LogP) is 2.90. The molecule has 1 saturated heterocycles. The van der Waals surface area contributed by atoms with E-state index < -0.39 is 0 Å². The van der Waals surface area contributed by atoms with Gasteiger partial charge >= 0.3 is 0 Å². The lowest BCUT2D eigenvalue weighted by Gasteiger charge is -2.15. The molecule has 2 N–H and O–H groups in total. The summed E-state index contributed by atoms with van der Waals surface area (Å²) in [6.45, 7) is 1.81. The lowest BCUT2D eigenvalue weighted by atomic mass is 10.1. The molecule has 0 spiro atoms. The topological polar surface area (TPSA) is 92.4 Å². The van der Waals surface area contributed by atoms with Crippen LogP contribution in [0.5, 0.6) is 0 Å². The Hall–Kier alpha value is -3.53. The summed E-state index contributed by atoms with van der Waals surface area (Å²) in [6, 6.07) is 6.38. The maximum atomic E-state index is 12.9. The van der Waals surface area contributed by atoms with Crippen LogP contribution in [0.2, 0.25) is 0 Å². The third-order valence-corrected chi connectivity index (χ3v) is 6.79. The van der Waals surface area contributed by atoms with E-state index in [0.717, 1.165) is 60.5 Å². The molecular weight excluding hydrogens is 435 g/mol. The third-order valence-electron chi connectivity index (χ3n) is 6.79. The Morgan fingerprint density at radius 1 is 1.26 bits per heavy atom. The number of nitrogens with zero attached hydrogens (tertiary/aromatic N) is 6. The number of anilines is 1. The average molecular weight is 463 g/mol. The number of carbonyl (C=O) groups is 1. The first-order chi connectivity index (χ1) is 16.7. The molecule has 6 rings (SSSR count). The minimum atomic E-state index is -0.332. The Bertz CT molecular complexity index is 1370. The van der Waals surface area contributed by atoms with Gasteiger partial charge in [-0.1, -0.05) is 0 Å². The third kappa shape index (κ3) is 3.58. The van der Waals surface area contributed by atoms with Gasteiger partial charge in [0.15, 0.2) is 5.65 Å². The normalized spacial score (nSPS) is 18.7. The van der Waals surface area contributed by atoms with Crippen molar-refractivity contribution in [2.24, 2.45) is 0 Å². The Balaban J connectivity index is 1.46. The van der Waals surface area contributed by atoms with E-state index in [2.05, 4.69) is 36.4 Å². The van der Waals surface area contributed by atoms with Gasteiger partial charge in [0.25, 0.3) is 5.91 Å². The van der Waals surface area contributed by atoms with Gasteiger partial charge in [0.05, 0.1) is 11.9 Å². The van der Waals surface area contributed by atoms with E-state index in [1.165, 1.54) is 0 Å².